The van der Waals surface area contributed by atoms with Gasteiger partial charge in [0.05, 0.1) is 12.6 Å². The summed E-state index contributed by atoms with van der Waals surface area (Å²) in [5.41, 5.74) is 1.20. The van der Waals surface area contributed by atoms with Gasteiger partial charge in [-0.3, -0.25) is 9.47 Å². The third-order valence-electron chi connectivity index (χ3n) is 4.83. The van der Waals surface area contributed by atoms with Crippen molar-refractivity contribution in [3.63, 3.8) is 0 Å². The molecule has 0 saturated carbocycles. The minimum atomic E-state index is 0.332. The molecule has 1 fully saturated rings. The van der Waals surface area contributed by atoms with Gasteiger partial charge in [0.25, 0.3) is 0 Å². The minimum Gasteiger partial charge on any atom is -0.377 e. The lowest BCUT2D eigenvalue weighted by atomic mass is 10.3. The zero-order valence-corrected chi connectivity index (χ0v) is 18.2. The maximum atomic E-state index is 5.73. The first kappa shape index (κ1) is 20.3. The Morgan fingerprint density at radius 1 is 1.41 bits per heavy atom. The van der Waals surface area contributed by atoms with Crippen LogP contribution in [0.25, 0.3) is 5.13 Å². The molecule has 0 unspecified atom stereocenters. The highest BCUT2D eigenvalue weighted by atomic mass is 32.2. The summed E-state index contributed by atoms with van der Waals surface area (Å²) in [5.74, 6) is 1.88. The van der Waals surface area contributed by atoms with Crippen molar-refractivity contribution >= 4 is 23.1 Å². The Hall–Kier alpha value is -1.94. The maximum absolute atomic E-state index is 5.73. The van der Waals surface area contributed by atoms with Crippen LogP contribution in [0.2, 0.25) is 0 Å². The topological polar surface area (TPSA) is 61.0 Å². The highest BCUT2D eigenvalue weighted by molar-refractivity contribution is 7.99. The molecular weight excluding hydrogens is 404 g/mol. The molecule has 0 radical (unpaired) electrons. The Morgan fingerprint density at radius 3 is 3.10 bits per heavy atom. The van der Waals surface area contributed by atoms with Gasteiger partial charge in [-0.15, -0.1) is 28.1 Å². The lowest BCUT2D eigenvalue weighted by molar-refractivity contribution is 0.129. The molecular formula is C20H26N6OS2. The Labute approximate surface area is 179 Å². The summed E-state index contributed by atoms with van der Waals surface area (Å²) in [7, 11) is 2.10. The molecule has 3 aromatic heterocycles. The van der Waals surface area contributed by atoms with Gasteiger partial charge in [-0.05, 0) is 32.0 Å². The normalized spacial score (nSPS) is 16.7. The molecule has 29 heavy (non-hydrogen) atoms. The lowest BCUT2D eigenvalue weighted by Gasteiger charge is -2.18. The number of hydrogen-bond donors (Lipinski definition) is 0. The van der Waals surface area contributed by atoms with Crippen LogP contribution in [0.4, 0.5) is 0 Å². The molecule has 0 N–H and O–H groups in total. The van der Waals surface area contributed by atoms with Crippen LogP contribution < -0.4 is 0 Å². The standard InChI is InChI=1S/C20H26N6OS2/c1-3-9-26-18(22-23-20(26)29-15-17-7-5-11-27-17)14-24(2)13-16-6-4-10-25(16)19-21-8-12-28-19/h3-4,6,8,10,12,17H,1,5,7,9,11,13-15H2,2H3/t17-/m0/s1. The van der Waals surface area contributed by atoms with E-state index in [1.54, 1.807) is 23.1 Å². The molecule has 154 valence electrons. The number of rotatable bonds is 10. The van der Waals surface area contributed by atoms with Crippen molar-refractivity contribution in [3.8, 4) is 5.13 Å². The zero-order valence-electron chi connectivity index (χ0n) is 16.6. The average Bonchev–Trinajstić information content (AvgIpc) is 3.50. The molecule has 0 amide bonds. The molecule has 3 aromatic rings. The largest absolute Gasteiger partial charge is 0.377 e. The highest BCUT2D eigenvalue weighted by Gasteiger charge is 2.19. The van der Waals surface area contributed by atoms with Gasteiger partial charge in [-0.2, -0.15) is 0 Å². The van der Waals surface area contributed by atoms with Crippen LogP contribution in [0.1, 0.15) is 24.4 Å². The smallest absolute Gasteiger partial charge is 0.193 e. The monoisotopic (exact) mass is 430 g/mol. The summed E-state index contributed by atoms with van der Waals surface area (Å²) in [6, 6.07) is 4.19. The quantitative estimate of drug-likeness (QED) is 0.362. The summed E-state index contributed by atoms with van der Waals surface area (Å²) in [6.07, 6.45) is 8.42. The van der Waals surface area contributed by atoms with E-state index >= 15 is 0 Å². The number of allylic oxidation sites excluding steroid dienone is 1. The molecule has 1 aliphatic heterocycles. The molecule has 0 aromatic carbocycles. The van der Waals surface area contributed by atoms with Crippen LogP contribution in [-0.2, 0) is 24.4 Å². The van der Waals surface area contributed by atoms with E-state index < -0.39 is 0 Å². The van der Waals surface area contributed by atoms with Gasteiger partial charge in [-0.1, -0.05) is 17.8 Å². The van der Waals surface area contributed by atoms with Crippen molar-refractivity contribution in [2.45, 2.75) is 43.7 Å². The maximum Gasteiger partial charge on any atom is 0.193 e. The van der Waals surface area contributed by atoms with Crippen molar-refractivity contribution in [1.29, 1.82) is 0 Å². The highest BCUT2D eigenvalue weighted by Crippen LogP contribution is 2.24. The molecule has 0 bridgehead atoms. The molecule has 0 spiro atoms. The van der Waals surface area contributed by atoms with Crippen molar-refractivity contribution in [1.82, 2.24) is 29.2 Å². The van der Waals surface area contributed by atoms with E-state index in [0.29, 0.717) is 19.2 Å². The summed E-state index contributed by atoms with van der Waals surface area (Å²) < 4.78 is 10.0. The Morgan fingerprint density at radius 2 is 2.34 bits per heavy atom. The van der Waals surface area contributed by atoms with Gasteiger partial charge < -0.3 is 9.30 Å². The van der Waals surface area contributed by atoms with E-state index in [2.05, 4.69) is 61.2 Å². The molecule has 9 heteroatoms. The Balaban J connectivity index is 1.42. The van der Waals surface area contributed by atoms with Gasteiger partial charge in [-0.25, -0.2) is 4.98 Å². The van der Waals surface area contributed by atoms with Crippen molar-refractivity contribution in [2.75, 3.05) is 19.4 Å². The Kier molecular flexibility index (Phi) is 6.81. The number of thioether (sulfide) groups is 1. The van der Waals surface area contributed by atoms with Crippen LogP contribution in [0, 0.1) is 0 Å². The molecule has 4 rings (SSSR count). The average molecular weight is 431 g/mol. The van der Waals surface area contributed by atoms with E-state index in [1.807, 2.05) is 17.7 Å². The minimum absolute atomic E-state index is 0.332. The third kappa shape index (κ3) is 4.98. The fourth-order valence-electron chi connectivity index (χ4n) is 3.44. The molecule has 1 saturated heterocycles. The fraction of sp³-hybridized carbons (Fsp3) is 0.450. The first-order valence-corrected chi connectivity index (χ1v) is 11.6. The van der Waals surface area contributed by atoms with Crippen LogP contribution >= 0.6 is 23.1 Å². The van der Waals surface area contributed by atoms with E-state index in [1.165, 1.54) is 5.69 Å². The SMILES string of the molecule is C=CCn1c(CN(C)Cc2cccn2-c2nccs2)nnc1SC[C@@H]1CCCO1. The number of ether oxygens (including phenoxy) is 1. The van der Waals surface area contributed by atoms with Crippen molar-refractivity contribution in [3.05, 3.63) is 54.1 Å². The summed E-state index contributed by atoms with van der Waals surface area (Å²) in [6.45, 7) is 7.00. The molecule has 1 atom stereocenters. The van der Waals surface area contributed by atoms with Gasteiger partial charge in [0.15, 0.2) is 10.3 Å². The molecule has 0 aliphatic carbocycles. The summed E-state index contributed by atoms with van der Waals surface area (Å²) in [5, 5.41) is 12.8. The summed E-state index contributed by atoms with van der Waals surface area (Å²) >= 11 is 3.36. The first-order chi connectivity index (χ1) is 14.2. The van der Waals surface area contributed by atoms with E-state index in [9.17, 15) is 0 Å². The molecule has 7 nitrogen and oxygen atoms in total. The van der Waals surface area contributed by atoms with Crippen LogP contribution in [0.15, 0.2) is 47.7 Å². The van der Waals surface area contributed by atoms with E-state index in [4.69, 9.17) is 4.74 Å². The number of hydrogen-bond acceptors (Lipinski definition) is 7. The van der Waals surface area contributed by atoms with Crippen LogP contribution in [0.5, 0.6) is 0 Å². The lowest BCUT2D eigenvalue weighted by Crippen LogP contribution is -2.21. The zero-order chi connectivity index (χ0) is 20.1. The molecule has 1 aliphatic rings. The predicted molar refractivity (Wildman–Crippen MR) is 117 cm³/mol. The molecule has 4 heterocycles. The summed E-state index contributed by atoms with van der Waals surface area (Å²) in [4.78, 5) is 6.67. The second-order valence-electron chi connectivity index (χ2n) is 7.10. The first-order valence-electron chi connectivity index (χ1n) is 9.76. The van der Waals surface area contributed by atoms with Crippen LogP contribution in [0.3, 0.4) is 0 Å². The number of thiazole rings is 1. The predicted octanol–water partition coefficient (Wildman–Crippen LogP) is 3.61. The van der Waals surface area contributed by atoms with Gasteiger partial charge in [0.2, 0.25) is 0 Å². The fourth-order valence-corrected chi connectivity index (χ4v) is 5.13. The third-order valence-corrected chi connectivity index (χ3v) is 6.70. The second-order valence-corrected chi connectivity index (χ2v) is 8.96. The number of nitrogens with zero attached hydrogens (tertiary/aromatic N) is 6. The second kappa shape index (κ2) is 9.71. The van der Waals surface area contributed by atoms with Gasteiger partial charge in [0.1, 0.15) is 5.82 Å². The van der Waals surface area contributed by atoms with Crippen LogP contribution in [-0.4, -0.2) is 54.7 Å². The van der Waals surface area contributed by atoms with E-state index in [-0.39, 0.29) is 0 Å². The van der Waals surface area contributed by atoms with Crippen molar-refractivity contribution < 1.29 is 4.74 Å². The number of aromatic nitrogens is 5. The van der Waals surface area contributed by atoms with Crippen molar-refractivity contribution in [2.24, 2.45) is 0 Å². The van der Waals surface area contributed by atoms with Gasteiger partial charge >= 0.3 is 0 Å². The Bertz CT molecular complexity index is 913. The van der Waals surface area contributed by atoms with Gasteiger partial charge in [0, 0.05) is 48.9 Å². The van der Waals surface area contributed by atoms with E-state index in [0.717, 1.165) is 47.9 Å².